The fraction of sp³-hybridized carbons (Fsp3) is 0.333. The molecule has 1 aromatic carbocycles. The molecule has 1 rings (SSSR count). The molecular formula is C18H24N4O4. The van der Waals surface area contributed by atoms with Gasteiger partial charge in [0.2, 0.25) is 11.8 Å². The summed E-state index contributed by atoms with van der Waals surface area (Å²) in [6.07, 6.45) is 1.39. The number of rotatable bonds is 10. The van der Waals surface area contributed by atoms with Gasteiger partial charge in [-0.1, -0.05) is 13.0 Å². The van der Waals surface area contributed by atoms with Crippen LogP contribution >= 0.6 is 0 Å². The van der Waals surface area contributed by atoms with Gasteiger partial charge in [0.1, 0.15) is 5.84 Å². The maximum Gasteiger partial charge on any atom is 0.306 e. The summed E-state index contributed by atoms with van der Waals surface area (Å²) < 4.78 is 0. The van der Waals surface area contributed by atoms with Gasteiger partial charge in [0.05, 0.1) is 12.0 Å². The molecule has 1 aromatic rings. The largest absolute Gasteiger partial charge is 0.481 e. The predicted octanol–water partition coefficient (Wildman–Crippen LogP) is 1.62. The van der Waals surface area contributed by atoms with Crippen LogP contribution in [0.25, 0.3) is 0 Å². The second-order valence-electron chi connectivity index (χ2n) is 5.87. The van der Waals surface area contributed by atoms with Crippen molar-refractivity contribution in [2.45, 2.75) is 38.1 Å². The van der Waals surface area contributed by atoms with Crippen molar-refractivity contribution in [2.75, 3.05) is 5.32 Å². The fourth-order valence-electron chi connectivity index (χ4n) is 2.32. The summed E-state index contributed by atoms with van der Waals surface area (Å²) in [4.78, 5) is 35.0. The van der Waals surface area contributed by atoms with E-state index >= 15 is 0 Å². The highest BCUT2D eigenvalue weighted by molar-refractivity contribution is 5.96. The standard InChI is InChI=1S/C18H24N4O4/c1-3-18(4-2,11-16(25)26)22-15(24)10-9-14(23)21-13-7-5-12(6-8-13)17(19)20/h3,5-8H,1,4,9-11H2,2H3,(H3,19,20)(H,21,23)(H,22,24)(H,25,26). The molecule has 0 heterocycles. The van der Waals surface area contributed by atoms with Crippen LogP contribution in [0.1, 0.15) is 38.2 Å². The number of nitrogens with one attached hydrogen (secondary N) is 3. The zero-order valence-electron chi connectivity index (χ0n) is 14.7. The normalized spacial score (nSPS) is 12.5. The average Bonchev–Trinajstić information content (AvgIpc) is 2.59. The molecule has 8 heteroatoms. The van der Waals surface area contributed by atoms with E-state index in [4.69, 9.17) is 16.2 Å². The SMILES string of the molecule is C=CC(CC)(CC(=O)O)NC(=O)CCC(=O)Nc1ccc(C(=N)N)cc1. The van der Waals surface area contributed by atoms with Crippen molar-refractivity contribution in [3.05, 3.63) is 42.5 Å². The summed E-state index contributed by atoms with van der Waals surface area (Å²) in [6, 6.07) is 6.44. The minimum Gasteiger partial charge on any atom is -0.481 e. The summed E-state index contributed by atoms with van der Waals surface area (Å²) in [7, 11) is 0. The van der Waals surface area contributed by atoms with Crippen molar-refractivity contribution in [3.63, 3.8) is 0 Å². The van der Waals surface area contributed by atoms with E-state index in [9.17, 15) is 14.4 Å². The lowest BCUT2D eigenvalue weighted by Gasteiger charge is -2.29. The van der Waals surface area contributed by atoms with Gasteiger partial charge in [0.25, 0.3) is 0 Å². The Labute approximate surface area is 152 Å². The van der Waals surface area contributed by atoms with E-state index in [1.54, 1.807) is 31.2 Å². The third-order valence-electron chi connectivity index (χ3n) is 3.94. The highest BCUT2D eigenvalue weighted by atomic mass is 16.4. The van der Waals surface area contributed by atoms with Crippen molar-refractivity contribution >= 4 is 29.3 Å². The van der Waals surface area contributed by atoms with Crippen LogP contribution in [0.2, 0.25) is 0 Å². The molecule has 1 atom stereocenters. The number of anilines is 1. The van der Waals surface area contributed by atoms with Gasteiger partial charge in [-0.2, -0.15) is 0 Å². The summed E-state index contributed by atoms with van der Waals surface area (Å²) in [5, 5.41) is 21.6. The molecule has 8 nitrogen and oxygen atoms in total. The number of nitrogen functional groups attached to an aromatic ring is 1. The Bertz CT molecular complexity index is 700. The molecule has 6 N–H and O–H groups in total. The van der Waals surface area contributed by atoms with Crippen LogP contribution < -0.4 is 16.4 Å². The van der Waals surface area contributed by atoms with Crippen LogP contribution in [0.15, 0.2) is 36.9 Å². The maximum absolute atomic E-state index is 12.1. The summed E-state index contributed by atoms with van der Waals surface area (Å²) in [5.74, 6) is -1.88. The molecule has 0 bridgehead atoms. The second kappa shape index (κ2) is 9.36. The molecule has 0 fully saturated rings. The van der Waals surface area contributed by atoms with Crippen LogP contribution in [0, 0.1) is 5.41 Å². The average molecular weight is 360 g/mol. The van der Waals surface area contributed by atoms with Crippen molar-refractivity contribution in [1.82, 2.24) is 5.32 Å². The lowest BCUT2D eigenvalue weighted by Crippen LogP contribution is -2.48. The summed E-state index contributed by atoms with van der Waals surface area (Å²) >= 11 is 0. The van der Waals surface area contributed by atoms with E-state index in [1.807, 2.05) is 0 Å². The van der Waals surface area contributed by atoms with Crippen molar-refractivity contribution in [3.8, 4) is 0 Å². The number of nitrogens with two attached hydrogens (primary N) is 1. The molecule has 0 spiro atoms. The molecule has 0 aliphatic carbocycles. The molecule has 0 aliphatic heterocycles. The molecule has 0 saturated carbocycles. The van der Waals surface area contributed by atoms with Crippen LogP contribution in [0.5, 0.6) is 0 Å². The number of carboxylic acid groups (broad SMARTS) is 1. The van der Waals surface area contributed by atoms with Crippen LogP contribution in [0.3, 0.4) is 0 Å². The van der Waals surface area contributed by atoms with Gasteiger partial charge in [-0.3, -0.25) is 19.8 Å². The minimum atomic E-state index is -1.04. The molecular weight excluding hydrogens is 336 g/mol. The number of carbonyl (C=O) groups is 3. The Morgan fingerprint density at radius 3 is 2.27 bits per heavy atom. The van der Waals surface area contributed by atoms with Gasteiger partial charge in [0, 0.05) is 24.1 Å². The van der Waals surface area contributed by atoms with Crippen LogP contribution in [0.4, 0.5) is 5.69 Å². The minimum absolute atomic E-state index is 0.0513. The quantitative estimate of drug-likeness (QED) is 0.244. The van der Waals surface area contributed by atoms with Gasteiger partial charge in [0.15, 0.2) is 0 Å². The lowest BCUT2D eigenvalue weighted by molar-refractivity contribution is -0.138. The van der Waals surface area contributed by atoms with Gasteiger partial charge in [-0.15, -0.1) is 6.58 Å². The first-order chi connectivity index (χ1) is 12.2. The number of amides is 2. The van der Waals surface area contributed by atoms with Gasteiger partial charge >= 0.3 is 5.97 Å². The molecule has 0 saturated heterocycles. The number of aliphatic carboxylic acids is 1. The lowest BCUT2D eigenvalue weighted by atomic mass is 9.91. The molecule has 0 aromatic heterocycles. The number of hydrogen-bond donors (Lipinski definition) is 5. The van der Waals surface area contributed by atoms with Gasteiger partial charge in [-0.25, -0.2) is 0 Å². The molecule has 0 radical (unpaired) electrons. The summed E-state index contributed by atoms with van der Waals surface area (Å²) in [6.45, 7) is 5.35. The van der Waals surface area contributed by atoms with E-state index in [0.717, 1.165) is 0 Å². The molecule has 1 unspecified atom stereocenters. The molecule has 0 aliphatic rings. The van der Waals surface area contributed by atoms with Crippen LogP contribution in [-0.2, 0) is 14.4 Å². The third kappa shape index (κ3) is 6.39. The number of carboxylic acids is 1. The van der Waals surface area contributed by atoms with E-state index in [-0.39, 0.29) is 31.0 Å². The third-order valence-corrected chi connectivity index (χ3v) is 3.94. The Morgan fingerprint density at radius 1 is 1.23 bits per heavy atom. The maximum atomic E-state index is 12.1. The topological polar surface area (TPSA) is 145 Å². The predicted molar refractivity (Wildman–Crippen MR) is 98.9 cm³/mol. The number of carbonyl (C=O) groups excluding carboxylic acids is 2. The second-order valence-corrected chi connectivity index (χ2v) is 5.87. The number of benzene rings is 1. The van der Waals surface area contributed by atoms with E-state index < -0.39 is 17.4 Å². The first-order valence-corrected chi connectivity index (χ1v) is 8.12. The Morgan fingerprint density at radius 2 is 1.81 bits per heavy atom. The van der Waals surface area contributed by atoms with Gasteiger partial charge in [-0.05, 0) is 30.7 Å². The first-order valence-electron chi connectivity index (χ1n) is 8.12. The Hall–Kier alpha value is -3.16. The van der Waals surface area contributed by atoms with Crippen molar-refractivity contribution in [1.29, 1.82) is 5.41 Å². The Balaban J connectivity index is 2.55. The van der Waals surface area contributed by atoms with Crippen LogP contribution in [-0.4, -0.2) is 34.3 Å². The van der Waals surface area contributed by atoms with E-state index in [2.05, 4.69) is 17.2 Å². The van der Waals surface area contributed by atoms with E-state index in [1.165, 1.54) is 6.08 Å². The monoisotopic (exact) mass is 360 g/mol. The molecule has 2 amide bonds. The number of amidine groups is 1. The highest BCUT2D eigenvalue weighted by Gasteiger charge is 2.29. The van der Waals surface area contributed by atoms with Crippen molar-refractivity contribution < 1.29 is 19.5 Å². The number of hydrogen-bond acceptors (Lipinski definition) is 4. The smallest absolute Gasteiger partial charge is 0.306 e. The van der Waals surface area contributed by atoms with E-state index in [0.29, 0.717) is 17.7 Å². The Kier molecular flexibility index (Phi) is 7.52. The first kappa shape index (κ1) is 20.9. The van der Waals surface area contributed by atoms with Crippen molar-refractivity contribution in [2.24, 2.45) is 5.73 Å². The highest BCUT2D eigenvalue weighted by Crippen LogP contribution is 2.17. The molecule has 26 heavy (non-hydrogen) atoms. The zero-order valence-corrected chi connectivity index (χ0v) is 14.7. The molecule has 140 valence electrons. The van der Waals surface area contributed by atoms with Gasteiger partial charge < -0.3 is 21.5 Å². The summed E-state index contributed by atoms with van der Waals surface area (Å²) in [5.41, 5.74) is 5.40. The zero-order chi connectivity index (χ0) is 19.7. The fourth-order valence-corrected chi connectivity index (χ4v) is 2.32.